The summed E-state index contributed by atoms with van der Waals surface area (Å²) >= 11 is 0. The maximum atomic E-state index is 12.2. The number of aromatic nitrogens is 3. The number of carbonyl (C=O) groups excluding carboxylic acids is 1. The van der Waals surface area contributed by atoms with Gasteiger partial charge in [-0.1, -0.05) is 5.16 Å². The Morgan fingerprint density at radius 1 is 1.52 bits per heavy atom. The van der Waals surface area contributed by atoms with E-state index < -0.39 is 0 Å². The van der Waals surface area contributed by atoms with E-state index in [1.165, 1.54) is 0 Å². The van der Waals surface area contributed by atoms with Crippen LogP contribution in [-0.2, 0) is 16.0 Å². The number of amides is 1. The maximum Gasteiger partial charge on any atom is 0.259 e. The standard InChI is InChI=1S/C16H20N4O3/c1-2-22-11-15(21)20-8-4-6-13(20)9-14-18-16(23-19-14)12-5-3-7-17-10-12/h3,5,7,10,13H,2,4,6,8-9,11H2,1H3. The average Bonchev–Trinajstić information content (AvgIpc) is 3.23. The lowest BCUT2D eigenvalue weighted by molar-refractivity contribution is -0.136. The Labute approximate surface area is 134 Å². The van der Waals surface area contributed by atoms with Crippen LogP contribution in [0.25, 0.3) is 11.5 Å². The molecule has 23 heavy (non-hydrogen) atoms. The third-order valence-electron chi connectivity index (χ3n) is 3.92. The van der Waals surface area contributed by atoms with Crippen molar-refractivity contribution in [1.82, 2.24) is 20.0 Å². The predicted molar refractivity (Wildman–Crippen MR) is 82.5 cm³/mol. The number of nitrogens with zero attached hydrogens (tertiary/aromatic N) is 4. The number of carbonyl (C=O) groups is 1. The van der Waals surface area contributed by atoms with Gasteiger partial charge in [0.2, 0.25) is 5.91 Å². The van der Waals surface area contributed by atoms with Gasteiger partial charge in [0.1, 0.15) is 6.61 Å². The van der Waals surface area contributed by atoms with Gasteiger partial charge in [-0.25, -0.2) is 0 Å². The first-order valence-corrected chi connectivity index (χ1v) is 7.88. The highest BCUT2D eigenvalue weighted by Gasteiger charge is 2.30. The molecule has 1 atom stereocenters. The van der Waals surface area contributed by atoms with Crippen LogP contribution in [0.2, 0.25) is 0 Å². The van der Waals surface area contributed by atoms with Crippen molar-refractivity contribution in [3.8, 4) is 11.5 Å². The minimum absolute atomic E-state index is 0.0327. The van der Waals surface area contributed by atoms with Gasteiger partial charge in [-0.3, -0.25) is 9.78 Å². The molecule has 0 aromatic carbocycles. The zero-order chi connectivity index (χ0) is 16.1. The first-order chi connectivity index (χ1) is 11.3. The van der Waals surface area contributed by atoms with Gasteiger partial charge in [0.05, 0.1) is 5.56 Å². The van der Waals surface area contributed by atoms with E-state index in [-0.39, 0.29) is 18.6 Å². The summed E-state index contributed by atoms with van der Waals surface area (Å²) in [5.74, 6) is 1.11. The van der Waals surface area contributed by atoms with Crippen LogP contribution in [0, 0.1) is 0 Å². The van der Waals surface area contributed by atoms with Crippen LogP contribution >= 0.6 is 0 Å². The van der Waals surface area contributed by atoms with E-state index in [1.807, 2.05) is 24.0 Å². The van der Waals surface area contributed by atoms with Gasteiger partial charge in [-0.05, 0) is 31.9 Å². The quantitative estimate of drug-likeness (QED) is 0.807. The Balaban J connectivity index is 1.65. The van der Waals surface area contributed by atoms with Crippen molar-refractivity contribution in [3.05, 3.63) is 30.4 Å². The normalized spacial score (nSPS) is 17.6. The lowest BCUT2D eigenvalue weighted by atomic mass is 10.1. The first kappa shape index (κ1) is 15.6. The molecule has 3 heterocycles. The van der Waals surface area contributed by atoms with Crippen LogP contribution in [0.4, 0.5) is 0 Å². The van der Waals surface area contributed by atoms with Crippen LogP contribution in [0.3, 0.4) is 0 Å². The molecule has 3 rings (SSSR count). The minimum atomic E-state index is 0.0327. The first-order valence-electron chi connectivity index (χ1n) is 7.88. The highest BCUT2D eigenvalue weighted by atomic mass is 16.5. The molecule has 122 valence electrons. The van der Waals surface area contributed by atoms with Gasteiger partial charge < -0.3 is 14.2 Å². The fourth-order valence-electron chi connectivity index (χ4n) is 2.80. The van der Waals surface area contributed by atoms with Crippen molar-refractivity contribution in [2.45, 2.75) is 32.2 Å². The van der Waals surface area contributed by atoms with Crippen molar-refractivity contribution in [1.29, 1.82) is 0 Å². The molecule has 7 heteroatoms. The summed E-state index contributed by atoms with van der Waals surface area (Å²) in [6, 6.07) is 3.81. The molecule has 0 aliphatic carbocycles. The Morgan fingerprint density at radius 2 is 2.43 bits per heavy atom. The second-order valence-corrected chi connectivity index (χ2v) is 5.48. The van der Waals surface area contributed by atoms with E-state index in [0.717, 1.165) is 24.9 Å². The van der Waals surface area contributed by atoms with Crippen LogP contribution in [0.15, 0.2) is 29.0 Å². The average molecular weight is 316 g/mol. The number of pyridine rings is 1. The number of likely N-dealkylation sites (tertiary alicyclic amines) is 1. The lowest BCUT2D eigenvalue weighted by Gasteiger charge is -2.23. The molecule has 2 aromatic heterocycles. The summed E-state index contributed by atoms with van der Waals surface area (Å²) in [6.45, 7) is 3.33. The Hall–Kier alpha value is -2.28. The molecule has 1 aliphatic rings. The number of rotatable bonds is 6. The monoisotopic (exact) mass is 316 g/mol. The molecule has 0 radical (unpaired) electrons. The van der Waals surface area contributed by atoms with Gasteiger partial charge >= 0.3 is 0 Å². The number of hydrogen-bond acceptors (Lipinski definition) is 6. The highest BCUT2D eigenvalue weighted by Crippen LogP contribution is 2.22. The van der Waals surface area contributed by atoms with Crippen molar-refractivity contribution >= 4 is 5.91 Å². The van der Waals surface area contributed by atoms with Crippen molar-refractivity contribution in [3.63, 3.8) is 0 Å². The van der Waals surface area contributed by atoms with E-state index in [0.29, 0.717) is 24.7 Å². The maximum absolute atomic E-state index is 12.2. The molecule has 1 amide bonds. The van der Waals surface area contributed by atoms with Gasteiger partial charge in [0.15, 0.2) is 5.82 Å². The molecular formula is C16H20N4O3. The van der Waals surface area contributed by atoms with Gasteiger partial charge in [0.25, 0.3) is 5.89 Å². The summed E-state index contributed by atoms with van der Waals surface area (Å²) in [4.78, 5) is 22.5. The van der Waals surface area contributed by atoms with Crippen molar-refractivity contribution in [2.24, 2.45) is 0 Å². The molecule has 1 aliphatic heterocycles. The summed E-state index contributed by atoms with van der Waals surface area (Å²) in [5, 5.41) is 4.03. The van der Waals surface area contributed by atoms with Gasteiger partial charge in [0, 0.05) is 38.0 Å². The smallest absolute Gasteiger partial charge is 0.259 e. The Bertz CT molecular complexity index is 644. The SMILES string of the molecule is CCOCC(=O)N1CCCC1Cc1noc(-c2cccnc2)n1. The summed E-state index contributed by atoms with van der Waals surface area (Å²) < 4.78 is 10.5. The van der Waals surface area contributed by atoms with E-state index in [1.54, 1.807) is 12.4 Å². The number of ether oxygens (including phenoxy) is 1. The molecule has 1 unspecified atom stereocenters. The third kappa shape index (κ3) is 3.73. The summed E-state index contributed by atoms with van der Waals surface area (Å²) in [7, 11) is 0. The fraction of sp³-hybridized carbons (Fsp3) is 0.500. The van der Waals surface area contributed by atoms with Crippen LogP contribution in [0.5, 0.6) is 0 Å². The zero-order valence-electron chi connectivity index (χ0n) is 13.1. The van der Waals surface area contributed by atoms with E-state index in [9.17, 15) is 4.79 Å². The molecule has 2 aromatic rings. The number of hydrogen-bond donors (Lipinski definition) is 0. The molecule has 1 saturated heterocycles. The second-order valence-electron chi connectivity index (χ2n) is 5.48. The fourth-order valence-corrected chi connectivity index (χ4v) is 2.80. The topological polar surface area (TPSA) is 81.4 Å². The molecule has 7 nitrogen and oxygen atoms in total. The third-order valence-corrected chi connectivity index (χ3v) is 3.92. The molecule has 0 spiro atoms. The summed E-state index contributed by atoms with van der Waals surface area (Å²) in [6.07, 6.45) is 5.93. The Kier molecular flexibility index (Phi) is 4.97. The molecule has 0 saturated carbocycles. The van der Waals surface area contributed by atoms with Crippen LogP contribution in [0.1, 0.15) is 25.6 Å². The summed E-state index contributed by atoms with van der Waals surface area (Å²) in [5.41, 5.74) is 0.793. The molecule has 0 N–H and O–H groups in total. The van der Waals surface area contributed by atoms with E-state index in [4.69, 9.17) is 9.26 Å². The largest absolute Gasteiger partial charge is 0.372 e. The van der Waals surface area contributed by atoms with Crippen LogP contribution in [-0.4, -0.2) is 51.7 Å². The highest BCUT2D eigenvalue weighted by molar-refractivity contribution is 5.78. The molecule has 0 bridgehead atoms. The van der Waals surface area contributed by atoms with E-state index >= 15 is 0 Å². The van der Waals surface area contributed by atoms with E-state index in [2.05, 4.69) is 15.1 Å². The van der Waals surface area contributed by atoms with Crippen molar-refractivity contribution in [2.75, 3.05) is 19.8 Å². The molecular weight excluding hydrogens is 296 g/mol. The van der Waals surface area contributed by atoms with Crippen molar-refractivity contribution < 1.29 is 14.1 Å². The van der Waals surface area contributed by atoms with Gasteiger partial charge in [-0.2, -0.15) is 4.98 Å². The lowest BCUT2D eigenvalue weighted by Crippen LogP contribution is -2.39. The zero-order valence-corrected chi connectivity index (χ0v) is 13.1. The Morgan fingerprint density at radius 3 is 3.22 bits per heavy atom. The molecule has 1 fully saturated rings. The van der Waals surface area contributed by atoms with Gasteiger partial charge in [-0.15, -0.1) is 0 Å². The minimum Gasteiger partial charge on any atom is -0.372 e. The predicted octanol–water partition coefficient (Wildman–Crippen LogP) is 1.70. The second kappa shape index (κ2) is 7.32. The van der Waals surface area contributed by atoms with Crippen LogP contribution < -0.4 is 0 Å².